The van der Waals surface area contributed by atoms with Gasteiger partial charge in [-0.3, -0.25) is 4.79 Å². The van der Waals surface area contributed by atoms with Crippen molar-refractivity contribution in [3.05, 3.63) is 82.1 Å². The summed E-state index contributed by atoms with van der Waals surface area (Å²) in [5, 5.41) is 16.6. The molecule has 1 heterocycles. The summed E-state index contributed by atoms with van der Waals surface area (Å²) in [6, 6.07) is 17.7. The second-order valence-corrected chi connectivity index (χ2v) is 9.37. The van der Waals surface area contributed by atoms with Crippen molar-refractivity contribution in [3.8, 4) is 11.3 Å². The SMILES string of the molecule is Cc1ccc(C(C)NCc2ccc(-c3ccc(Cl)c(C(=O)NCC(O)CC(C)C)c3)o2)cc1. The Balaban J connectivity index is 1.63. The molecule has 2 unspecified atom stereocenters. The van der Waals surface area contributed by atoms with Crippen LogP contribution in [0.25, 0.3) is 11.3 Å². The first-order valence-electron chi connectivity index (χ1n) is 11.4. The van der Waals surface area contributed by atoms with Gasteiger partial charge in [0.1, 0.15) is 11.5 Å². The number of benzene rings is 2. The largest absolute Gasteiger partial charge is 0.460 e. The van der Waals surface area contributed by atoms with Gasteiger partial charge in [0.05, 0.1) is 23.2 Å². The van der Waals surface area contributed by atoms with Gasteiger partial charge in [-0.1, -0.05) is 55.3 Å². The van der Waals surface area contributed by atoms with E-state index in [1.807, 2.05) is 32.0 Å². The van der Waals surface area contributed by atoms with Gasteiger partial charge in [-0.25, -0.2) is 0 Å². The zero-order chi connectivity index (χ0) is 24.0. The van der Waals surface area contributed by atoms with Crippen LogP contribution < -0.4 is 10.6 Å². The quantitative estimate of drug-likeness (QED) is 0.346. The van der Waals surface area contributed by atoms with Gasteiger partial charge >= 0.3 is 0 Å². The predicted octanol–water partition coefficient (Wildman–Crippen LogP) is 5.90. The molecular weight excluding hydrogens is 436 g/mol. The fourth-order valence-corrected chi connectivity index (χ4v) is 3.84. The molecule has 33 heavy (non-hydrogen) atoms. The Kier molecular flexibility index (Phi) is 8.73. The lowest BCUT2D eigenvalue weighted by Crippen LogP contribution is -2.32. The number of carbonyl (C=O) groups is 1. The highest BCUT2D eigenvalue weighted by molar-refractivity contribution is 6.34. The van der Waals surface area contributed by atoms with Gasteiger partial charge in [0.15, 0.2) is 0 Å². The van der Waals surface area contributed by atoms with E-state index in [2.05, 4.69) is 48.7 Å². The van der Waals surface area contributed by atoms with Gasteiger partial charge in [0, 0.05) is 18.2 Å². The summed E-state index contributed by atoms with van der Waals surface area (Å²) in [5.41, 5.74) is 3.59. The van der Waals surface area contributed by atoms with Crippen LogP contribution in [0.5, 0.6) is 0 Å². The van der Waals surface area contributed by atoms with E-state index >= 15 is 0 Å². The fraction of sp³-hybridized carbons (Fsp3) is 0.370. The molecule has 0 radical (unpaired) electrons. The molecule has 0 bridgehead atoms. The molecule has 0 aliphatic heterocycles. The van der Waals surface area contributed by atoms with Crippen LogP contribution in [0, 0.1) is 12.8 Å². The average molecular weight is 469 g/mol. The number of halogens is 1. The average Bonchev–Trinajstić information content (AvgIpc) is 3.25. The maximum atomic E-state index is 12.6. The summed E-state index contributed by atoms with van der Waals surface area (Å²) in [6.45, 7) is 9.03. The molecule has 1 amide bonds. The standard InChI is InChI=1S/C27H33ClN2O3/c1-17(2)13-22(31)15-30-27(32)24-14-21(9-11-25(24)28)26-12-10-23(33-26)16-29-19(4)20-7-5-18(3)6-8-20/h5-12,14,17,19,22,29,31H,13,15-16H2,1-4H3,(H,30,32). The van der Waals surface area contributed by atoms with Crippen LogP contribution in [0.3, 0.4) is 0 Å². The number of hydrogen-bond acceptors (Lipinski definition) is 4. The fourth-order valence-electron chi connectivity index (χ4n) is 3.64. The molecule has 0 saturated carbocycles. The summed E-state index contributed by atoms with van der Waals surface area (Å²) >= 11 is 6.27. The van der Waals surface area contributed by atoms with E-state index in [-0.39, 0.29) is 18.5 Å². The number of nitrogens with one attached hydrogen (secondary N) is 2. The Labute approximate surface area is 201 Å². The van der Waals surface area contributed by atoms with E-state index in [1.165, 1.54) is 11.1 Å². The van der Waals surface area contributed by atoms with Gasteiger partial charge in [0.25, 0.3) is 5.91 Å². The number of carbonyl (C=O) groups excluding carboxylic acids is 1. The van der Waals surface area contributed by atoms with Crippen molar-refractivity contribution in [2.75, 3.05) is 6.54 Å². The lowest BCUT2D eigenvalue weighted by atomic mass is 10.1. The summed E-state index contributed by atoms with van der Waals surface area (Å²) < 4.78 is 6.01. The van der Waals surface area contributed by atoms with E-state index in [4.69, 9.17) is 16.0 Å². The van der Waals surface area contributed by atoms with Crippen LogP contribution in [0.15, 0.2) is 59.0 Å². The normalized spacial score (nSPS) is 13.2. The molecule has 0 aliphatic rings. The smallest absolute Gasteiger partial charge is 0.252 e. The topological polar surface area (TPSA) is 74.5 Å². The number of amides is 1. The van der Waals surface area contributed by atoms with E-state index < -0.39 is 6.10 Å². The van der Waals surface area contributed by atoms with Crippen molar-refractivity contribution in [2.24, 2.45) is 5.92 Å². The predicted molar refractivity (Wildman–Crippen MR) is 133 cm³/mol. The number of furan rings is 1. The minimum absolute atomic E-state index is 0.188. The van der Waals surface area contributed by atoms with E-state index in [0.29, 0.717) is 35.2 Å². The van der Waals surface area contributed by atoms with Crippen LogP contribution in [0.4, 0.5) is 0 Å². The minimum atomic E-state index is -0.585. The van der Waals surface area contributed by atoms with Crippen LogP contribution in [0.1, 0.15) is 60.5 Å². The maximum Gasteiger partial charge on any atom is 0.252 e. The Morgan fingerprint density at radius 2 is 1.79 bits per heavy atom. The molecule has 3 N–H and O–H groups in total. The van der Waals surface area contributed by atoms with Gasteiger partial charge in [0.2, 0.25) is 0 Å². The molecule has 2 aromatic carbocycles. The van der Waals surface area contributed by atoms with Crippen molar-refractivity contribution in [3.63, 3.8) is 0 Å². The molecule has 0 saturated heterocycles. The highest BCUT2D eigenvalue weighted by Gasteiger charge is 2.16. The second-order valence-electron chi connectivity index (χ2n) is 8.97. The van der Waals surface area contributed by atoms with Crippen molar-refractivity contribution >= 4 is 17.5 Å². The van der Waals surface area contributed by atoms with Crippen molar-refractivity contribution < 1.29 is 14.3 Å². The minimum Gasteiger partial charge on any atom is -0.460 e. The van der Waals surface area contributed by atoms with Crippen molar-refractivity contribution in [1.29, 1.82) is 0 Å². The third kappa shape index (κ3) is 7.19. The van der Waals surface area contributed by atoms with Crippen LogP contribution in [0.2, 0.25) is 5.02 Å². The summed E-state index contributed by atoms with van der Waals surface area (Å²) in [7, 11) is 0. The van der Waals surface area contributed by atoms with Gasteiger partial charge in [-0.2, -0.15) is 0 Å². The number of hydrogen-bond donors (Lipinski definition) is 3. The summed E-state index contributed by atoms with van der Waals surface area (Å²) in [5.74, 6) is 1.51. The van der Waals surface area contributed by atoms with Crippen LogP contribution in [-0.2, 0) is 6.54 Å². The number of aryl methyl sites for hydroxylation is 1. The molecular formula is C27H33ClN2O3. The number of rotatable bonds is 10. The number of aliphatic hydroxyl groups excluding tert-OH is 1. The van der Waals surface area contributed by atoms with Gasteiger partial charge < -0.3 is 20.2 Å². The lowest BCUT2D eigenvalue weighted by molar-refractivity contribution is 0.0900. The highest BCUT2D eigenvalue weighted by Crippen LogP contribution is 2.27. The molecule has 176 valence electrons. The Morgan fingerprint density at radius 1 is 1.06 bits per heavy atom. The van der Waals surface area contributed by atoms with Gasteiger partial charge in [-0.05, 0) is 62.1 Å². The van der Waals surface area contributed by atoms with Crippen molar-refractivity contribution in [1.82, 2.24) is 10.6 Å². The summed E-state index contributed by atoms with van der Waals surface area (Å²) in [4.78, 5) is 12.6. The second kappa shape index (κ2) is 11.5. The van der Waals surface area contributed by atoms with E-state index in [0.717, 1.165) is 11.3 Å². The third-order valence-corrected chi connectivity index (χ3v) is 5.89. The monoisotopic (exact) mass is 468 g/mol. The Bertz CT molecular complexity index is 1060. The van der Waals surface area contributed by atoms with Crippen LogP contribution >= 0.6 is 11.6 Å². The Morgan fingerprint density at radius 3 is 2.48 bits per heavy atom. The van der Waals surface area contributed by atoms with Crippen LogP contribution in [-0.4, -0.2) is 23.7 Å². The van der Waals surface area contributed by atoms with Gasteiger partial charge in [-0.15, -0.1) is 0 Å². The number of aliphatic hydroxyl groups is 1. The first-order chi connectivity index (χ1) is 15.7. The molecule has 6 heteroatoms. The first-order valence-corrected chi connectivity index (χ1v) is 11.8. The van der Waals surface area contributed by atoms with E-state index in [1.54, 1.807) is 12.1 Å². The molecule has 0 aliphatic carbocycles. The molecule has 0 spiro atoms. The zero-order valence-electron chi connectivity index (χ0n) is 19.7. The first kappa shape index (κ1) is 25.0. The van der Waals surface area contributed by atoms with E-state index in [9.17, 15) is 9.90 Å². The molecule has 5 nitrogen and oxygen atoms in total. The lowest BCUT2D eigenvalue weighted by Gasteiger charge is -2.14. The highest BCUT2D eigenvalue weighted by atomic mass is 35.5. The molecule has 0 fully saturated rings. The Hall–Kier alpha value is -2.60. The molecule has 3 rings (SSSR count). The molecule has 3 aromatic rings. The molecule has 2 atom stereocenters. The third-order valence-electron chi connectivity index (χ3n) is 5.56. The maximum absolute atomic E-state index is 12.6. The zero-order valence-corrected chi connectivity index (χ0v) is 20.4. The summed E-state index contributed by atoms with van der Waals surface area (Å²) in [6.07, 6.45) is 0.0399. The molecule has 1 aromatic heterocycles. The van der Waals surface area contributed by atoms with Crippen molar-refractivity contribution in [2.45, 2.75) is 52.8 Å².